The maximum atomic E-state index is 13.2. The summed E-state index contributed by atoms with van der Waals surface area (Å²) in [6.07, 6.45) is 5.14. The van der Waals surface area contributed by atoms with Gasteiger partial charge in [-0.1, -0.05) is 18.2 Å². The lowest BCUT2D eigenvalue weighted by molar-refractivity contribution is -0.176. The topological polar surface area (TPSA) is 102 Å². The van der Waals surface area contributed by atoms with E-state index >= 15 is 0 Å². The molecule has 0 aliphatic heterocycles. The zero-order chi connectivity index (χ0) is 23.2. The van der Waals surface area contributed by atoms with Crippen LogP contribution in [-0.2, 0) is 19.1 Å². The molecule has 2 amide bonds. The van der Waals surface area contributed by atoms with Gasteiger partial charge < -0.3 is 15.4 Å². The Morgan fingerprint density at radius 3 is 2.48 bits per heavy atom. The van der Waals surface area contributed by atoms with Gasteiger partial charge in [-0.25, -0.2) is 4.68 Å². The first-order valence-corrected chi connectivity index (χ1v) is 11.6. The van der Waals surface area contributed by atoms with Crippen molar-refractivity contribution in [1.29, 1.82) is 0 Å². The lowest BCUT2D eigenvalue weighted by atomic mass is 9.47. The van der Waals surface area contributed by atoms with E-state index in [1.165, 1.54) is 6.92 Å². The molecule has 0 spiro atoms. The van der Waals surface area contributed by atoms with Gasteiger partial charge in [0.25, 0.3) is 5.91 Å². The fourth-order valence-electron chi connectivity index (χ4n) is 6.84. The molecule has 8 heteroatoms. The molecule has 8 nitrogen and oxygen atoms in total. The van der Waals surface area contributed by atoms with Gasteiger partial charge in [-0.05, 0) is 69.4 Å². The zero-order valence-corrected chi connectivity index (χ0v) is 19.1. The molecule has 1 aromatic heterocycles. The highest BCUT2D eigenvalue weighted by Gasteiger charge is 2.61. The summed E-state index contributed by atoms with van der Waals surface area (Å²) in [5, 5.41) is 10.4. The number of esters is 1. The van der Waals surface area contributed by atoms with Crippen LogP contribution >= 0.6 is 0 Å². The molecule has 2 atom stereocenters. The van der Waals surface area contributed by atoms with Gasteiger partial charge in [0, 0.05) is 18.5 Å². The predicted molar refractivity (Wildman–Crippen MR) is 122 cm³/mol. The second-order valence-electron chi connectivity index (χ2n) is 10.2. The minimum Gasteiger partial charge on any atom is -0.455 e. The van der Waals surface area contributed by atoms with E-state index in [4.69, 9.17) is 4.74 Å². The summed E-state index contributed by atoms with van der Waals surface area (Å²) >= 11 is 0. The summed E-state index contributed by atoms with van der Waals surface area (Å²) in [7, 11) is 0. The van der Waals surface area contributed by atoms with Gasteiger partial charge in [0.15, 0.2) is 6.61 Å². The number of carbonyl (C=O) groups is 3. The van der Waals surface area contributed by atoms with Gasteiger partial charge in [0.05, 0.1) is 16.8 Å². The van der Waals surface area contributed by atoms with Crippen molar-refractivity contribution in [1.82, 2.24) is 15.1 Å². The van der Waals surface area contributed by atoms with Crippen LogP contribution in [0.2, 0.25) is 0 Å². The molecule has 0 saturated heterocycles. The number of para-hydroxylation sites is 1. The Hall–Kier alpha value is -3.16. The molecule has 4 saturated carbocycles. The Bertz CT molecular complexity index is 1080. The van der Waals surface area contributed by atoms with Gasteiger partial charge in [0.1, 0.15) is 5.82 Å². The second kappa shape index (κ2) is 8.01. The van der Waals surface area contributed by atoms with Gasteiger partial charge in [-0.15, -0.1) is 0 Å². The molecular weight excluding hydrogens is 420 g/mol. The SMILES string of the molecule is CC(=O)NC12C[C@H]3C[C@H](C1)CC(C(=O)OCC(=O)Nc1cc(C)nn1-c1ccccc1)(C3)C2. The lowest BCUT2D eigenvalue weighted by Gasteiger charge is -2.60. The number of aryl methyl sites for hydroxylation is 1. The summed E-state index contributed by atoms with van der Waals surface area (Å²) in [4.78, 5) is 37.7. The van der Waals surface area contributed by atoms with E-state index in [1.54, 1.807) is 10.7 Å². The number of ether oxygens (including phenoxy) is 1. The maximum Gasteiger partial charge on any atom is 0.312 e. The van der Waals surface area contributed by atoms with Crippen molar-refractivity contribution in [2.75, 3.05) is 11.9 Å². The Labute approximate surface area is 193 Å². The molecule has 4 aliphatic rings. The fraction of sp³-hybridized carbons (Fsp3) is 0.520. The molecule has 4 bridgehead atoms. The minimum absolute atomic E-state index is 0.0508. The number of aromatic nitrogens is 2. The van der Waals surface area contributed by atoms with E-state index in [-0.39, 0.29) is 24.0 Å². The number of benzene rings is 1. The molecule has 0 radical (unpaired) electrons. The Morgan fingerprint density at radius 2 is 1.82 bits per heavy atom. The molecule has 0 unspecified atom stereocenters. The first kappa shape index (κ1) is 21.7. The largest absolute Gasteiger partial charge is 0.455 e. The molecule has 4 aliphatic carbocycles. The molecule has 1 aromatic carbocycles. The van der Waals surface area contributed by atoms with Crippen molar-refractivity contribution >= 4 is 23.6 Å². The third-order valence-electron chi connectivity index (χ3n) is 7.37. The van der Waals surface area contributed by atoms with Crippen molar-refractivity contribution in [3.63, 3.8) is 0 Å². The highest BCUT2D eigenvalue weighted by atomic mass is 16.5. The number of rotatable bonds is 6. The molecule has 2 aromatic rings. The average Bonchev–Trinajstić information content (AvgIpc) is 3.10. The van der Waals surface area contributed by atoms with Crippen molar-refractivity contribution < 1.29 is 19.1 Å². The van der Waals surface area contributed by atoms with Crippen molar-refractivity contribution in [3.05, 3.63) is 42.1 Å². The van der Waals surface area contributed by atoms with E-state index in [9.17, 15) is 14.4 Å². The summed E-state index contributed by atoms with van der Waals surface area (Å²) in [6.45, 7) is 3.05. The highest BCUT2D eigenvalue weighted by molar-refractivity contribution is 5.93. The average molecular weight is 451 g/mol. The number of hydrogen-bond donors (Lipinski definition) is 2. The predicted octanol–water partition coefficient (Wildman–Crippen LogP) is 3.14. The number of hydrogen-bond acceptors (Lipinski definition) is 5. The smallest absolute Gasteiger partial charge is 0.312 e. The Balaban J connectivity index is 1.25. The van der Waals surface area contributed by atoms with E-state index in [0.29, 0.717) is 24.1 Å². The van der Waals surface area contributed by atoms with Crippen molar-refractivity contribution in [2.45, 2.75) is 57.9 Å². The number of nitrogens with zero attached hydrogens (tertiary/aromatic N) is 2. The van der Waals surface area contributed by atoms with Gasteiger partial charge in [0.2, 0.25) is 5.91 Å². The van der Waals surface area contributed by atoms with Crippen LogP contribution in [0, 0.1) is 24.2 Å². The van der Waals surface area contributed by atoms with Crippen LogP contribution in [0.3, 0.4) is 0 Å². The fourth-order valence-corrected chi connectivity index (χ4v) is 6.84. The van der Waals surface area contributed by atoms with Crippen LogP contribution in [0.25, 0.3) is 5.69 Å². The Kier molecular flexibility index (Phi) is 5.26. The summed E-state index contributed by atoms with van der Waals surface area (Å²) < 4.78 is 7.23. The van der Waals surface area contributed by atoms with Crippen LogP contribution in [0.5, 0.6) is 0 Å². The third kappa shape index (κ3) is 4.14. The van der Waals surface area contributed by atoms with Crippen LogP contribution in [-0.4, -0.2) is 39.7 Å². The molecular formula is C25H30N4O4. The number of amides is 2. The summed E-state index contributed by atoms with van der Waals surface area (Å²) in [5.41, 5.74) is 0.685. The number of carbonyl (C=O) groups excluding carboxylic acids is 3. The summed E-state index contributed by atoms with van der Waals surface area (Å²) in [6, 6.07) is 11.3. The van der Waals surface area contributed by atoms with E-state index in [2.05, 4.69) is 15.7 Å². The maximum absolute atomic E-state index is 13.2. The van der Waals surface area contributed by atoms with Gasteiger partial charge >= 0.3 is 5.97 Å². The van der Waals surface area contributed by atoms with Crippen LogP contribution in [0.1, 0.15) is 51.1 Å². The van der Waals surface area contributed by atoms with E-state index in [0.717, 1.165) is 43.5 Å². The minimum atomic E-state index is -0.602. The summed E-state index contributed by atoms with van der Waals surface area (Å²) in [5.74, 6) is 0.602. The highest BCUT2D eigenvalue weighted by Crippen LogP contribution is 2.62. The molecule has 4 fully saturated rings. The molecule has 2 N–H and O–H groups in total. The standard InChI is InChI=1S/C25H30N4O4/c1-16-8-21(29(28-16)20-6-4-3-5-7-20)26-22(31)14-33-23(32)24-10-18-9-19(11-24)13-25(12-18,15-24)27-17(2)30/h3-8,18-19H,9-15H2,1-2H3,(H,26,31)(H,27,30)/t18-,19-,24?,25?/m0/s1. The van der Waals surface area contributed by atoms with Crippen LogP contribution in [0.15, 0.2) is 36.4 Å². The van der Waals surface area contributed by atoms with Crippen molar-refractivity contribution in [2.24, 2.45) is 17.3 Å². The first-order valence-electron chi connectivity index (χ1n) is 11.6. The molecule has 33 heavy (non-hydrogen) atoms. The first-order chi connectivity index (χ1) is 15.8. The number of anilines is 1. The quantitative estimate of drug-likeness (QED) is 0.659. The normalized spacial score (nSPS) is 29.5. The lowest BCUT2D eigenvalue weighted by Crippen LogP contribution is -2.64. The van der Waals surface area contributed by atoms with Crippen molar-refractivity contribution in [3.8, 4) is 5.69 Å². The Morgan fingerprint density at radius 1 is 1.12 bits per heavy atom. The van der Waals surface area contributed by atoms with E-state index < -0.39 is 11.3 Å². The van der Waals surface area contributed by atoms with Gasteiger partial charge in [-0.3, -0.25) is 14.4 Å². The van der Waals surface area contributed by atoms with Crippen LogP contribution in [0.4, 0.5) is 5.82 Å². The molecule has 6 rings (SSSR count). The second-order valence-corrected chi connectivity index (χ2v) is 10.2. The number of nitrogens with one attached hydrogen (secondary N) is 2. The van der Waals surface area contributed by atoms with E-state index in [1.807, 2.05) is 37.3 Å². The van der Waals surface area contributed by atoms with Crippen LogP contribution < -0.4 is 10.6 Å². The zero-order valence-electron chi connectivity index (χ0n) is 19.1. The molecule has 1 heterocycles. The molecule has 174 valence electrons. The monoisotopic (exact) mass is 450 g/mol. The van der Waals surface area contributed by atoms with Gasteiger partial charge in [-0.2, -0.15) is 5.10 Å². The third-order valence-corrected chi connectivity index (χ3v) is 7.37.